The zero-order valence-electron chi connectivity index (χ0n) is 11.1. The van der Waals surface area contributed by atoms with Gasteiger partial charge in [0.2, 0.25) is 0 Å². The Morgan fingerprint density at radius 1 is 1.05 bits per heavy atom. The van der Waals surface area contributed by atoms with Crippen molar-refractivity contribution in [3.8, 4) is 5.75 Å². The second-order valence-corrected chi connectivity index (χ2v) is 5.50. The van der Waals surface area contributed by atoms with Crippen LogP contribution in [0.3, 0.4) is 0 Å². The average Bonchev–Trinajstić information content (AvgIpc) is 2.45. The van der Waals surface area contributed by atoms with Crippen LogP contribution in [0, 0.1) is 0 Å². The summed E-state index contributed by atoms with van der Waals surface area (Å²) in [5.74, 6) is 0.0676. The Hall–Kier alpha value is -1.48. The largest absolute Gasteiger partial charge is 0.494 e. The lowest BCUT2D eigenvalue weighted by Crippen LogP contribution is -1.99. The highest BCUT2D eigenvalue weighted by molar-refractivity contribution is 6.36. The molecule has 0 saturated carbocycles. The maximum atomic E-state index is 12.3. The van der Waals surface area contributed by atoms with E-state index in [1.807, 2.05) is 12.1 Å². The molecule has 2 aromatic rings. The maximum absolute atomic E-state index is 12.3. The summed E-state index contributed by atoms with van der Waals surface area (Å²) in [7, 11) is 1.45. The van der Waals surface area contributed by atoms with E-state index in [1.54, 1.807) is 18.2 Å². The van der Waals surface area contributed by atoms with Gasteiger partial charge >= 0.3 is 0 Å². The molecular formula is C16H11Cl3O2. The van der Waals surface area contributed by atoms with Crippen LogP contribution in [0.25, 0.3) is 6.08 Å². The first-order chi connectivity index (χ1) is 10.0. The SMILES string of the molecule is COc1c(Cl)cc(Cl)cc1C(=O)/C=C/c1ccc(Cl)cc1. The molecule has 0 heterocycles. The molecule has 0 aliphatic heterocycles. The van der Waals surface area contributed by atoms with Gasteiger partial charge in [-0.25, -0.2) is 0 Å². The topological polar surface area (TPSA) is 26.3 Å². The van der Waals surface area contributed by atoms with E-state index in [9.17, 15) is 4.79 Å². The molecule has 21 heavy (non-hydrogen) atoms. The molecule has 0 radical (unpaired) electrons. The fourth-order valence-corrected chi connectivity index (χ4v) is 2.48. The summed E-state index contributed by atoms with van der Waals surface area (Å²) in [6.07, 6.45) is 3.13. The van der Waals surface area contributed by atoms with Gasteiger partial charge < -0.3 is 4.74 Å². The van der Waals surface area contributed by atoms with Gasteiger partial charge in [0.25, 0.3) is 0 Å². The van der Waals surface area contributed by atoms with E-state index in [0.717, 1.165) is 5.56 Å². The first kappa shape index (κ1) is 15.9. The van der Waals surface area contributed by atoms with Crippen molar-refractivity contribution in [2.75, 3.05) is 7.11 Å². The zero-order valence-corrected chi connectivity index (χ0v) is 13.3. The maximum Gasteiger partial charge on any atom is 0.189 e. The minimum Gasteiger partial charge on any atom is -0.494 e. The van der Waals surface area contributed by atoms with Crippen LogP contribution < -0.4 is 4.74 Å². The first-order valence-electron chi connectivity index (χ1n) is 6.02. The molecule has 2 rings (SSSR count). The number of methoxy groups -OCH3 is 1. The summed E-state index contributed by atoms with van der Waals surface area (Å²) in [6, 6.07) is 10.2. The molecule has 108 valence electrons. The van der Waals surface area contributed by atoms with Gasteiger partial charge in [0, 0.05) is 10.0 Å². The van der Waals surface area contributed by atoms with Crippen LogP contribution in [-0.2, 0) is 0 Å². The van der Waals surface area contributed by atoms with Gasteiger partial charge in [-0.1, -0.05) is 53.0 Å². The van der Waals surface area contributed by atoms with E-state index in [2.05, 4.69) is 0 Å². The van der Waals surface area contributed by atoms with Crippen molar-refractivity contribution in [1.82, 2.24) is 0 Å². The molecule has 2 nitrogen and oxygen atoms in total. The molecular weight excluding hydrogens is 331 g/mol. The Bertz CT molecular complexity index is 691. The summed E-state index contributed by atoms with van der Waals surface area (Å²) >= 11 is 17.7. The minimum atomic E-state index is -0.244. The van der Waals surface area contributed by atoms with Crippen molar-refractivity contribution >= 4 is 46.7 Å². The van der Waals surface area contributed by atoms with E-state index >= 15 is 0 Å². The van der Waals surface area contributed by atoms with Crippen LogP contribution in [0.15, 0.2) is 42.5 Å². The number of carbonyl (C=O) groups excluding carboxylic acids is 1. The van der Waals surface area contributed by atoms with Gasteiger partial charge in [-0.2, -0.15) is 0 Å². The lowest BCUT2D eigenvalue weighted by molar-refractivity contribution is 0.104. The Labute approximate surface area is 137 Å². The van der Waals surface area contributed by atoms with Crippen molar-refractivity contribution in [2.45, 2.75) is 0 Å². The third kappa shape index (κ3) is 4.01. The Morgan fingerprint density at radius 2 is 1.71 bits per heavy atom. The number of rotatable bonds is 4. The van der Waals surface area contributed by atoms with Crippen molar-refractivity contribution in [3.63, 3.8) is 0 Å². The van der Waals surface area contributed by atoms with Gasteiger partial charge in [0.1, 0.15) is 5.75 Å². The second kappa shape index (κ2) is 6.99. The molecule has 0 atom stereocenters. The summed E-state index contributed by atoms with van der Waals surface area (Å²) in [5, 5.41) is 1.32. The normalized spacial score (nSPS) is 10.9. The Morgan fingerprint density at radius 3 is 2.33 bits per heavy atom. The lowest BCUT2D eigenvalue weighted by Gasteiger charge is -2.08. The highest BCUT2D eigenvalue weighted by atomic mass is 35.5. The quantitative estimate of drug-likeness (QED) is 0.538. The number of halogens is 3. The van der Waals surface area contributed by atoms with Crippen molar-refractivity contribution < 1.29 is 9.53 Å². The predicted molar refractivity (Wildman–Crippen MR) is 87.8 cm³/mol. The number of ether oxygens (including phenoxy) is 1. The summed E-state index contributed by atoms with van der Waals surface area (Å²) < 4.78 is 5.16. The molecule has 0 N–H and O–H groups in total. The van der Waals surface area contributed by atoms with Crippen LogP contribution in [-0.4, -0.2) is 12.9 Å². The highest BCUT2D eigenvalue weighted by Crippen LogP contribution is 2.32. The summed E-state index contributed by atoms with van der Waals surface area (Å²) in [6.45, 7) is 0. The molecule has 0 aliphatic carbocycles. The highest BCUT2D eigenvalue weighted by Gasteiger charge is 2.14. The zero-order chi connectivity index (χ0) is 15.4. The fraction of sp³-hybridized carbons (Fsp3) is 0.0625. The van der Waals surface area contributed by atoms with Crippen LogP contribution in [0.5, 0.6) is 5.75 Å². The molecule has 0 amide bonds. The minimum absolute atomic E-state index is 0.244. The smallest absolute Gasteiger partial charge is 0.189 e. The summed E-state index contributed by atoms with van der Waals surface area (Å²) in [5.41, 5.74) is 1.18. The number of ketones is 1. The van der Waals surface area contributed by atoms with E-state index in [0.29, 0.717) is 26.4 Å². The first-order valence-corrected chi connectivity index (χ1v) is 7.15. The van der Waals surface area contributed by atoms with Crippen LogP contribution >= 0.6 is 34.8 Å². The van der Waals surface area contributed by atoms with Gasteiger partial charge in [-0.3, -0.25) is 4.79 Å². The van der Waals surface area contributed by atoms with Gasteiger partial charge in [-0.05, 0) is 35.9 Å². The number of allylic oxidation sites excluding steroid dienone is 1. The summed E-state index contributed by atoms with van der Waals surface area (Å²) in [4.78, 5) is 12.3. The number of benzene rings is 2. The van der Waals surface area contributed by atoms with E-state index < -0.39 is 0 Å². The van der Waals surface area contributed by atoms with Crippen LogP contribution in [0.1, 0.15) is 15.9 Å². The molecule has 0 fully saturated rings. The van der Waals surface area contributed by atoms with Gasteiger partial charge in [0.05, 0.1) is 17.7 Å². The average molecular weight is 342 g/mol. The van der Waals surface area contributed by atoms with Crippen molar-refractivity contribution in [1.29, 1.82) is 0 Å². The molecule has 0 unspecified atom stereocenters. The van der Waals surface area contributed by atoms with Crippen LogP contribution in [0.2, 0.25) is 15.1 Å². The number of carbonyl (C=O) groups is 1. The van der Waals surface area contributed by atoms with Crippen molar-refractivity contribution in [3.05, 3.63) is 68.7 Å². The molecule has 0 aromatic heterocycles. The number of hydrogen-bond acceptors (Lipinski definition) is 2. The predicted octanol–water partition coefficient (Wildman–Crippen LogP) is 5.55. The van der Waals surface area contributed by atoms with Gasteiger partial charge in [-0.15, -0.1) is 0 Å². The molecule has 5 heteroatoms. The lowest BCUT2D eigenvalue weighted by atomic mass is 10.1. The third-order valence-corrected chi connectivity index (χ3v) is 3.53. The number of hydrogen-bond donors (Lipinski definition) is 0. The molecule has 0 saturated heterocycles. The molecule has 2 aromatic carbocycles. The monoisotopic (exact) mass is 340 g/mol. The third-order valence-electron chi connectivity index (χ3n) is 2.78. The van der Waals surface area contributed by atoms with E-state index in [-0.39, 0.29) is 5.78 Å². The Balaban J connectivity index is 2.30. The Kier molecular flexibility index (Phi) is 5.29. The molecule has 0 spiro atoms. The second-order valence-electron chi connectivity index (χ2n) is 4.22. The van der Waals surface area contributed by atoms with E-state index in [1.165, 1.54) is 25.3 Å². The van der Waals surface area contributed by atoms with Crippen LogP contribution in [0.4, 0.5) is 0 Å². The van der Waals surface area contributed by atoms with Crippen molar-refractivity contribution in [2.24, 2.45) is 0 Å². The molecule has 0 bridgehead atoms. The van der Waals surface area contributed by atoms with E-state index in [4.69, 9.17) is 39.5 Å². The standard InChI is InChI=1S/C16H11Cl3O2/c1-21-16-13(8-12(18)9-14(16)19)15(20)7-4-10-2-5-11(17)6-3-10/h2-9H,1H3/b7-4+. The van der Waals surface area contributed by atoms with Gasteiger partial charge in [0.15, 0.2) is 5.78 Å². The molecule has 0 aliphatic rings. The fourth-order valence-electron chi connectivity index (χ4n) is 1.79.